The molecule has 0 atom stereocenters. The van der Waals surface area contributed by atoms with Gasteiger partial charge in [0.25, 0.3) is 0 Å². The Morgan fingerprint density at radius 1 is 1.43 bits per heavy atom. The Morgan fingerprint density at radius 3 is 2.14 bits per heavy atom. The Kier molecular flexibility index (Phi) is 4.28. The molecule has 0 aliphatic carbocycles. The van der Waals surface area contributed by atoms with Crippen molar-refractivity contribution in [2.45, 2.75) is 27.2 Å². The predicted octanol–water partition coefficient (Wildman–Crippen LogP) is 0.680. The number of allylic oxidation sites excluding steroid dienone is 1. The van der Waals surface area contributed by atoms with Crippen molar-refractivity contribution in [3.8, 4) is 0 Å². The van der Waals surface area contributed by atoms with Crippen molar-refractivity contribution in [3.05, 3.63) is 11.3 Å². The van der Waals surface area contributed by atoms with E-state index in [1.165, 1.54) is 6.92 Å². The Morgan fingerprint density at radius 2 is 1.86 bits per heavy atom. The molecular weight excluding hydrogens is 206 g/mol. The molecule has 3 N–H and O–H groups in total. The van der Waals surface area contributed by atoms with E-state index in [9.17, 15) is 13.2 Å². The lowest BCUT2D eigenvalue weighted by Crippen LogP contribution is -2.18. The number of carbonyl (C=O) groups excluding carboxylic acids is 1. The molecular formula is C8H15NO4S. The molecule has 0 saturated carbocycles. The normalized spacial score (nSPS) is 14.1. The Balaban J connectivity index is 4.93. The second kappa shape index (κ2) is 4.56. The van der Waals surface area contributed by atoms with E-state index < -0.39 is 15.2 Å². The van der Waals surface area contributed by atoms with Crippen LogP contribution >= 0.6 is 0 Å². The first kappa shape index (κ1) is 13.1. The van der Waals surface area contributed by atoms with Crippen molar-refractivity contribution < 1.29 is 17.8 Å². The third kappa shape index (κ3) is 3.89. The minimum absolute atomic E-state index is 0.110. The van der Waals surface area contributed by atoms with Gasteiger partial charge in [-0.2, -0.15) is 8.42 Å². The van der Waals surface area contributed by atoms with Crippen LogP contribution in [0.15, 0.2) is 11.3 Å². The molecule has 5 nitrogen and oxygen atoms in total. The van der Waals surface area contributed by atoms with Crippen LogP contribution in [0.25, 0.3) is 0 Å². The molecule has 0 spiro atoms. The number of hydrogen-bond donors (Lipinski definition) is 2. The van der Waals surface area contributed by atoms with Crippen molar-refractivity contribution in [2.24, 2.45) is 11.7 Å². The summed E-state index contributed by atoms with van der Waals surface area (Å²) in [6.07, 6.45) is 0.424. The smallest absolute Gasteiger partial charge is 0.333 e. The van der Waals surface area contributed by atoms with Gasteiger partial charge in [0, 0.05) is 11.3 Å². The van der Waals surface area contributed by atoms with E-state index in [2.05, 4.69) is 0 Å². The monoisotopic (exact) mass is 221 g/mol. The molecule has 0 bridgehead atoms. The topological polar surface area (TPSA) is 97.5 Å². The summed E-state index contributed by atoms with van der Waals surface area (Å²) in [7, 11) is -4.66. The molecule has 0 radical (unpaired) electrons. The minimum Gasteiger partial charge on any atom is -0.402 e. The zero-order chi connectivity index (χ0) is 11.5. The fourth-order valence-corrected chi connectivity index (χ4v) is 1.44. The van der Waals surface area contributed by atoms with Gasteiger partial charge in [0.1, 0.15) is 0 Å². The van der Waals surface area contributed by atoms with Gasteiger partial charge in [-0.05, 0) is 19.3 Å². The van der Waals surface area contributed by atoms with Crippen LogP contribution in [0.5, 0.6) is 0 Å². The maximum Gasteiger partial charge on any atom is 0.333 e. The summed E-state index contributed by atoms with van der Waals surface area (Å²) in [4.78, 5) is 11.0. The molecule has 0 heterocycles. The van der Waals surface area contributed by atoms with Crippen LogP contribution in [0.4, 0.5) is 0 Å². The van der Waals surface area contributed by atoms with Gasteiger partial charge < -0.3 is 5.73 Å². The summed E-state index contributed by atoms with van der Waals surface area (Å²) < 4.78 is 29.4. The van der Waals surface area contributed by atoms with Crippen LogP contribution in [0.3, 0.4) is 0 Å². The van der Waals surface area contributed by atoms with Crippen LogP contribution in [0.2, 0.25) is 0 Å². The van der Waals surface area contributed by atoms with Gasteiger partial charge in [0.2, 0.25) is 0 Å². The predicted molar refractivity (Wildman–Crippen MR) is 52.9 cm³/mol. The van der Waals surface area contributed by atoms with Gasteiger partial charge in [-0.1, -0.05) is 13.8 Å². The first-order chi connectivity index (χ1) is 6.16. The van der Waals surface area contributed by atoms with Crippen molar-refractivity contribution in [2.75, 3.05) is 0 Å². The van der Waals surface area contributed by atoms with E-state index in [1.54, 1.807) is 0 Å². The SMILES string of the molecule is C/C(C(=O)S(=O)(=O)O)=C(/N)CC(C)C. The quantitative estimate of drug-likeness (QED) is 0.539. The van der Waals surface area contributed by atoms with Gasteiger partial charge in [-0.25, -0.2) is 0 Å². The first-order valence-corrected chi connectivity index (χ1v) is 5.57. The molecule has 0 unspecified atom stereocenters. The largest absolute Gasteiger partial charge is 0.402 e. The van der Waals surface area contributed by atoms with Crippen LogP contribution in [-0.4, -0.2) is 18.1 Å². The molecule has 14 heavy (non-hydrogen) atoms. The maximum atomic E-state index is 11.0. The Labute approximate surface area is 83.7 Å². The molecule has 0 aromatic heterocycles. The van der Waals surface area contributed by atoms with E-state index in [1.807, 2.05) is 13.8 Å². The van der Waals surface area contributed by atoms with Crippen molar-refractivity contribution >= 4 is 15.2 Å². The zero-order valence-electron chi connectivity index (χ0n) is 8.44. The third-order valence-corrected chi connectivity index (χ3v) is 2.43. The van der Waals surface area contributed by atoms with Crippen LogP contribution in [-0.2, 0) is 14.9 Å². The second-order valence-electron chi connectivity index (χ2n) is 3.51. The fourth-order valence-electron chi connectivity index (χ4n) is 0.917. The summed E-state index contributed by atoms with van der Waals surface area (Å²) >= 11 is 0. The maximum absolute atomic E-state index is 11.0. The van der Waals surface area contributed by atoms with E-state index >= 15 is 0 Å². The van der Waals surface area contributed by atoms with E-state index in [0.29, 0.717) is 6.42 Å². The third-order valence-electron chi connectivity index (χ3n) is 1.65. The molecule has 0 aliphatic heterocycles. The second-order valence-corrected chi connectivity index (χ2v) is 4.83. The lowest BCUT2D eigenvalue weighted by Gasteiger charge is -2.07. The molecule has 0 rings (SSSR count). The fraction of sp³-hybridized carbons (Fsp3) is 0.625. The minimum atomic E-state index is -4.66. The molecule has 0 saturated heterocycles. The molecule has 0 amide bonds. The molecule has 0 aromatic carbocycles. The van der Waals surface area contributed by atoms with Crippen molar-refractivity contribution in [3.63, 3.8) is 0 Å². The first-order valence-electron chi connectivity index (χ1n) is 4.13. The molecule has 0 aliphatic rings. The molecule has 0 aromatic rings. The summed E-state index contributed by atoms with van der Waals surface area (Å²) in [5, 5.41) is -1.32. The average molecular weight is 221 g/mol. The summed E-state index contributed by atoms with van der Waals surface area (Å²) in [6.45, 7) is 5.06. The zero-order valence-corrected chi connectivity index (χ0v) is 9.26. The highest BCUT2D eigenvalue weighted by atomic mass is 32.2. The molecule has 82 valence electrons. The standard InChI is InChI=1S/C8H15NO4S/c1-5(2)4-7(9)6(3)8(10)14(11,12)13/h5H,4,9H2,1-3H3,(H,11,12,13)/b7-6-. The van der Waals surface area contributed by atoms with Crippen molar-refractivity contribution in [1.29, 1.82) is 0 Å². The Hall–Kier alpha value is -0.880. The summed E-state index contributed by atoms with van der Waals surface area (Å²) in [5.74, 6) is 0.221. The average Bonchev–Trinajstić information content (AvgIpc) is 1.98. The lowest BCUT2D eigenvalue weighted by molar-refractivity contribution is -0.109. The highest BCUT2D eigenvalue weighted by Crippen LogP contribution is 2.12. The van der Waals surface area contributed by atoms with Crippen LogP contribution in [0, 0.1) is 5.92 Å². The van der Waals surface area contributed by atoms with Crippen LogP contribution < -0.4 is 5.73 Å². The van der Waals surface area contributed by atoms with Gasteiger partial charge in [0.15, 0.2) is 0 Å². The summed E-state index contributed by atoms with van der Waals surface area (Å²) in [5.41, 5.74) is 5.59. The number of hydrogen-bond acceptors (Lipinski definition) is 4. The number of carbonyl (C=O) groups is 1. The molecule has 6 heteroatoms. The van der Waals surface area contributed by atoms with E-state index in [4.69, 9.17) is 10.3 Å². The molecule has 0 fully saturated rings. The van der Waals surface area contributed by atoms with E-state index in [-0.39, 0.29) is 17.2 Å². The van der Waals surface area contributed by atoms with E-state index in [0.717, 1.165) is 0 Å². The highest BCUT2D eigenvalue weighted by Gasteiger charge is 2.22. The van der Waals surface area contributed by atoms with Gasteiger partial charge in [-0.15, -0.1) is 0 Å². The van der Waals surface area contributed by atoms with Gasteiger partial charge in [-0.3, -0.25) is 9.35 Å². The van der Waals surface area contributed by atoms with Crippen LogP contribution in [0.1, 0.15) is 27.2 Å². The highest BCUT2D eigenvalue weighted by molar-refractivity contribution is 8.01. The van der Waals surface area contributed by atoms with Gasteiger partial charge in [0.05, 0.1) is 0 Å². The van der Waals surface area contributed by atoms with Gasteiger partial charge >= 0.3 is 15.2 Å². The Bertz CT molecular complexity index is 354. The number of nitrogens with two attached hydrogens (primary N) is 1. The summed E-state index contributed by atoms with van der Waals surface area (Å²) in [6, 6.07) is 0. The van der Waals surface area contributed by atoms with Crippen molar-refractivity contribution in [1.82, 2.24) is 0 Å². The number of rotatable bonds is 3. The lowest BCUT2D eigenvalue weighted by atomic mass is 10.1.